The average molecular weight is 479 g/mol. The largest absolute Gasteiger partial charge is 0.367 e. The maximum Gasteiger partial charge on any atom is 0.135 e. The van der Waals surface area contributed by atoms with Crippen molar-refractivity contribution in [3.05, 3.63) is 94.0 Å². The maximum absolute atomic E-state index is 15.6. The average Bonchev–Trinajstić information content (AvgIpc) is 2.80. The summed E-state index contributed by atoms with van der Waals surface area (Å²) in [5.41, 5.74) is 4.32. The number of hydrogen-bond donors (Lipinski definition) is 1. The first-order valence-electron chi connectivity index (χ1n) is 11.8. The summed E-state index contributed by atoms with van der Waals surface area (Å²) >= 11 is 0. The number of halogens is 3. The van der Waals surface area contributed by atoms with Gasteiger partial charge < -0.3 is 5.32 Å². The Morgan fingerprint density at radius 2 is 1.43 bits per heavy atom. The number of nitrogens with one attached hydrogen (secondary N) is 1. The Morgan fingerprint density at radius 1 is 0.829 bits per heavy atom. The second-order valence-electron chi connectivity index (χ2n) is 9.35. The van der Waals surface area contributed by atoms with Crippen LogP contribution in [0.2, 0.25) is 0 Å². The molecular weight excluding hydrogens is 445 g/mol. The number of aromatic nitrogens is 1. The summed E-state index contributed by atoms with van der Waals surface area (Å²) in [5, 5.41) is 3.17. The van der Waals surface area contributed by atoms with Gasteiger partial charge in [-0.05, 0) is 94.8 Å². The Kier molecular flexibility index (Phi) is 8.55. The van der Waals surface area contributed by atoms with E-state index in [1.807, 2.05) is 33.8 Å². The summed E-state index contributed by atoms with van der Waals surface area (Å²) in [7, 11) is 0. The van der Waals surface area contributed by atoms with Gasteiger partial charge in [-0.3, -0.25) is 0 Å². The van der Waals surface area contributed by atoms with Gasteiger partial charge in [-0.1, -0.05) is 35.4 Å². The van der Waals surface area contributed by atoms with Crippen molar-refractivity contribution in [2.75, 3.05) is 11.9 Å². The van der Waals surface area contributed by atoms with Crippen LogP contribution in [0.3, 0.4) is 0 Å². The second-order valence-corrected chi connectivity index (χ2v) is 9.35. The summed E-state index contributed by atoms with van der Waals surface area (Å²) < 4.78 is 45.9. The van der Waals surface area contributed by atoms with Crippen LogP contribution >= 0.6 is 0 Å². The van der Waals surface area contributed by atoms with E-state index >= 15 is 8.78 Å². The summed E-state index contributed by atoms with van der Waals surface area (Å²) in [6, 6.07) is 8.10. The monoisotopic (exact) mass is 478 g/mol. The molecule has 1 aromatic heterocycles. The highest BCUT2D eigenvalue weighted by Gasteiger charge is 2.23. The van der Waals surface area contributed by atoms with Crippen LogP contribution in [-0.4, -0.2) is 11.5 Å². The molecule has 1 N–H and O–H groups in total. The van der Waals surface area contributed by atoms with Gasteiger partial charge in [0.2, 0.25) is 0 Å². The van der Waals surface area contributed by atoms with Crippen molar-refractivity contribution in [1.82, 2.24) is 4.98 Å². The van der Waals surface area contributed by atoms with Crippen LogP contribution in [0.15, 0.2) is 59.8 Å². The molecular formula is C30H33F3N2. The molecule has 0 bridgehead atoms. The lowest BCUT2D eigenvalue weighted by atomic mass is 9.90. The number of anilines is 1. The predicted molar refractivity (Wildman–Crippen MR) is 140 cm³/mol. The van der Waals surface area contributed by atoms with Crippen molar-refractivity contribution in [2.45, 2.75) is 54.4 Å². The fourth-order valence-electron chi connectivity index (χ4n) is 4.04. The van der Waals surface area contributed by atoms with Gasteiger partial charge >= 0.3 is 0 Å². The minimum Gasteiger partial charge on any atom is -0.367 e. The lowest BCUT2D eigenvalue weighted by molar-refractivity contribution is 0.590. The van der Waals surface area contributed by atoms with E-state index in [1.54, 1.807) is 31.2 Å². The maximum atomic E-state index is 15.6. The molecule has 0 saturated heterocycles. The number of aryl methyl sites for hydroxylation is 1. The molecule has 0 radical (unpaired) electrons. The Hall–Kier alpha value is -3.34. The number of nitrogens with zero attached hydrogens (tertiary/aromatic N) is 1. The minimum absolute atomic E-state index is 0.0893. The molecule has 35 heavy (non-hydrogen) atoms. The van der Waals surface area contributed by atoms with E-state index in [-0.39, 0.29) is 22.3 Å². The van der Waals surface area contributed by atoms with E-state index in [0.29, 0.717) is 35.5 Å². The van der Waals surface area contributed by atoms with Crippen LogP contribution in [0.4, 0.5) is 19.0 Å². The van der Waals surface area contributed by atoms with Crippen LogP contribution in [0.1, 0.15) is 50.8 Å². The summed E-state index contributed by atoms with van der Waals surface area (Å²) in [6.07, 6.45) is 6.91. The van der Waals surface area contributed by atoms with Crippen molar-refractivity contribution in [1.29, 1.82) is 0 Å². The Labute approximate surface area is 206 Å². The Bertz CT molecular complexity index is 1230. The fourth-order valence-corrected chi connectivity index (χ4v) is 4.04. The van der Waals surface area contributed by atoms with Crippen LogP contribution in [0.5, 0.6) is 0 Å². The molecule has 0 saturated carbocycles. The SMILES string of the molecule is CC(C)=CCCc1ccc(-c2c(C)c(F)c(-c3ccc(NCC=C(C)C)nc3)c(C)c2F)cc1F. The van der Waals surface area contributed by atoms with Crippen molar-refractivity contribution < 1.29 is 13.2 Å². The molecule has 0 unspecified atom stereocenters. The highest BCUT2D eigenvalue weighted by atomic mass is 19.1. The number of benzene rings is 2. The first kappa shape index (κ1) is 26.3. The molecule has 0 amide bonds. The van der Waals surface area contributed by atoms with Gasteiger partial charge in [0, 0.05) is 29.4 Å². The molecule has 0 spiro atoms. The lowest BCUT2D eigenvalue weighted by Gasteiger charge is -2.17. The van der Waals surface area contributed by atoms with Crippen molar-refractivity contribution >= 4 is 5.82 Å². The second kappa shape index (κ2) is 11.4. The zero-order valence-electron chi connectivity index (χ0n) is 21.3. The van der Waals surface area contributed by atoms with Gasteiger partial charge in [0.25, 0.3) is 0 Å². The van der Waals surface area contributed by atoms with Gasteiger partial charge in [-0.15, -0.1) is 0 Å². The van der Waals surface area contributed by atoms with Gasteiger partial charge in [0.05, 0.1) is 0 Å². The molecule has 0 atom stereocenters. The van der Waals surface area contributed by atoms with Crippen molar-refractivity contribution in [3.8, 4) is 22.3 Å². The van der Waals surface area contributed by atoms with Gasteiger partial charge in [-0.25, -0.2) is 18.2 Å². The Morgan fingerprint density at radius 3 is 1.97 bits per heavy atom. The number of allylic oxidation sites excluding steroid dienone is 3. The molecule has 2 nitrogen and oxygen atoms in total. The minimum atomic E-state index is -0.554. The first-order valence-corrected chi connectivity index (χ1v) is 11.8. The third-order valence-corrected chi connectivity index (χ3v) is 6.00. The fraction of sp³-hybridized carbons (Fsp3) is 0.300. The molecule has 184 valence electrons. The molecule has 0 fully saturated rings. The van der Waals surface area contributed by atoms with Crippen LogP contribution in [0.25, 0.3) is 22.3 Å². The quantitative estimate of drug-likeness (QED) is 0.327. The molecule has 5 heteroatoms. The molecule has 2 aromatic carbocycles. The van der Waals surface area contributed by atoms with E-state index in [9.17, 15) is 4.39 Å². The van der Waals surface area contributed by atoms with E-state index < -0.39 is 17.5 Å². The number of rotatable bonds is 8. The first-order chi connectivity index (χ1) is 16.6. The Balaban J connectivity index is 1.94. The highest BCUT2D eigenvalue weighted by molar-refractivity contribution is 5.78. The lowest BCUT2D eigenvalue weighted by Crippen LogP contribution is -2.04. The number of hydrogen-bond acceptors (Lipinski definition) is 2. The summed E-state index contributed by atoms with van der Waals surface area (Å²) in [4.78, 5) is 4.35. The van der Waals surface area contributed by atoms with Crippen molar-refractivity contribution in [3.63, 3.8) is 0 Å². The van der Waals surface area contributed by atoms with E-state index in [0.717, 1.165) is 6.42 Å². The zero-order chi connectivity index (χ0) is 25.7. The molecule has 0 aliphatic rings. The molecule has 3 aromatic rings. The standard InChI is InChI=1S/C30H33F3N2/c1-18(2)8-7-9-22-10-11-23(16-25(22)31)27-20(5)30(33)28(21(6)29(27)32)24-12-13-26(35-17-24)34-15-14-19(3)4/h8,10-14,16-17H,7,9,15H2,1-6H3,(H,34,35). The third kappa shape index (κ3) is 6.21. The topological polar surface area (TPSA) is 24.9 Å². The van der Waals surface area contributed by atoms with Crippen LogP contribution < -0.4 is 5.32 Å². The zero-order valence-corrected chi connectivity index (χ0v) is 21.3. The smallest absolute Gasteiger partial charge is 0.135 e. The van der Waals surface area contributed by atoms with E-state index in [1.165, 1.54) is 30.3 Å². The van der Waals surface area contributed by atoms with Gasteiger partial charge in [0.1, 0.15) is 23.3 Å². The molecule has 0 aliphatic heterocycles. The van der Waals surface area contributed by atoms with Crippen LogP contribution in [0, 0.1) is 31.3 Å². The summed E-state index contributed by atoms with van der Waals surface area (Å²) in [5.74, 6) is -0.843. The van der Waals surface area contributed by atoms with Crippen molar-refractivity contribution in [2.24, 2.45) is 0 Å². The van der Waals surface area contributed by atoms with Crippen LogP contribution in [-0.2, 0) is 6.42 Å². The van der Waals surface area contributed by atoms with Gasteiger partial charge in [-0.2, -0.15) is 0 Å². The normalized spacial score (nSPS) is 10.8. The number of pyridine rings is 1. The third-order valence-electron chi connectivity index (χ3n) is 6.00. The highest BCUT2D eigenvalue weighted by Crippen LogP contribution is 2.38. The predicted octanol–water partition coefficient (Wildman–Crippen LogP) is 8.73. The molecule has 1 heterocycles. The van der Waals surface area contributed by atoms with E-state index in [2.05, 4.69) is 16.4 Å². The van der Waals surface area contributed by atoms with E-state index in [4.69, 9.17) is 0 Å². The molecule has 0 aliphatic carbocycles. The molecule has 3 rings (SSSR count). The van der Waals surface area contributed by atoms with Gasteiger partial charge in [0.15, 0.2) is 0 Å². The summed E-state index contributed by atoms with van der Waals surface area (Å²) in [6.45, 7) is 11.7.